The molecule has 96 valence electrons. The number of hydrogen-bond acceptors (Lipinski definition) is 2. The van der Waals surface area contributed by atoms with Gasteiger partial charge in [0.25, 0.3) is 0 Å². The molecular weight excluding hydrogens is 358 g/mol. The lowest BCUT2D eigenvalue weighted by Crippen LogP contribution is -2.02. The van der Waals surface area contributed by atoms with Gasteiger partial charge in [-0.05, 0) is 50.4 Å². The first kappa shape index (κ1) is 13.7. The summed E-state index contributed by atoms with van der Waals surface area (Å²) in [7, 11) is 0. The summed E-state index contributed by atoms with van der Waals surface area (Å²) in [6.45, 7) is 3.16. The Kier molecular flexibility index (Phi) is 4.95. The average molecular weight is 373 g/mol. The molecule has 2 aromatic rings. The van der Waals surface area contributed by atoms with Crippen molar-refractivity contribution in [2.75, 3.05) is 0 Å². The lowest BCUT2D eigenvalue weighted by Gasteiger charge is -2.08. The summed E-state index contributed by atoms with van der Waals surface area (Å²) < 4.78 is 3.99. The van der Waals surface area contributed by atoms with Crippen LogP contribution in [0.25, 0.3) is 11.5 Å². The Labute approximate surface area is 124 Å². The maximum Gasteiger partial charge on any atom is 0.160 e. The van der Waals surface area contributed by atoms with Crippen LogP contribution in [-0.2, 0) is 6.54 Å². The minimum Gasteiger partial charge on any atom is -0.316 e. The van der Waals surface area contributed by atoms with Crippen molar-refractivity contribution in [3.05, 3.63) is 33.6 Å². The third kappa shape index (κ3) is 3.01. The molecule has 0 radical (unpaired) electrons. The molecule has 18 heavy (non-hydrogen) atoms. The molecule has 0 spiro atoms. The van der Waals surface area contributed by atoms with E-state index in [1.165, 1.54) is 12.8 Å². The molecule has 0 bridgehead atoms. The highest BCUT2D eigenvalue weighted by Crippen LogP contribution is 2.29. The van der Waals surface area contributed by atoms with Gasteiger partial charge >= 0.3 is 0 Å². The predicted molar refractivity (Wildman–Crippen MR) is 80.4 cm³/mol. The van der Waals surface area contributed by atoms with E-state index in [1.54, 1.807) is 6.20 Å². The highest BCUT2D eigenvalue weighted by Gasteiger charge is 2.15. The molecule has 0 N–H and O–H groups in total. The van der Waals surface area contributed by atoms with Crippen LogP contribution >= 0.6 is 31.9 Å². The normalized spacial score (nSPS) is 10.8. The number of rotatable bonds is 5. The molecule has 0 fully saturated rings. The first-order valence-corrected chi connectivity index (χ1v) is 7.65. The van der Waals surface area contributed by atoms with Crippen molar-refractivity contribution >= 4 is 31.9 Å². The Balaban J connectivity index is 2.32. The largest absolute Gasteiger partial charge is 0.316 e. The van der Waals surface area contributed by atoms with Crippen molar-refractivity contribution in [2.24, 2.45) is 0 Å². The van der Waals surface area contributed by atoms with Gasteiger partial charge in [-0.15, -0.1) is 0 Å². The summed E-state index contributed by atoms with van der Waals surface area (Å²) in [6, 6.07) is 5.88. The van der Waals surface area contributed by atoms with E-state index in [-0.39, 0.29) is 0 Å². The molecule has 0 atom stereocenters. The monoisotopic (exact) mass is 371 g/mol. The first-order valence-electron chi connectivity index (χ1n) is 6.07. The fourth-order valence-electron chi connectivity index (χ4n) is 1.82. The summed E-state index contributed by atoms with van der Waals surface area (Å²) in [5.74, 6) is 0.908. The van der Waals surface area contributed by atoms with Crippen molar-refractivity contribution in [1.82, 2.24) is 14.5 Å². The van der Waals surface area contributed by atoms with Crippen molar-refractivity contribution < 1.29 is 0 Å². The third-order valence-corrected chi connectivity index (χ3v) is 4.63. The molecule has 0 saturated heterocycles. The summed E-state index contributed by atoms with van der Waals surface area (Å²) >= 11 is 7.04. The molecule has 0 amide bonds. The van der Waals surface area contributed by atoms with Crippen LogP contribution in [0.4, 0.5) is 0 Å². The fraction of sp³-hybridized carbons (Fsp3) is 0.385. The van der Waals surface area contributed by atoms with Gasteiger partial charge in [-0.1, -0.05) is 25.8 Å². The Morgan fingerprint density at radius 2 is 2.06 bits per heavy atom. The molecule has 0 aromatic carbocycles. The molecule has 2 rings (SSSR count). The van der Waals surface area contributed by atoms with Gasteiger partial charge in [0.15, 0.2) is 5.82 Å². The highest BCUT2D eigenvalue weighted by atomic mass is 79.9. The van der Waals surface area contributed by atoms with E-state index in [4.69, 9.17) is 0 Å². The minimum atomic E-state index is 0.833. The quantitative estimate of drug-likeness (QED) is 0.714. The zero-order valence-corrected chi connectivity index (χ0v) is 13.4. The SMILES string of the molecule is CCCCCn1c(-c2ccccn2)nc(Br)c1Br. The van der Waals surface area contributed by atoms with Crippen LogP contribution in [0.3, 0.4) is 0 Å². The maximum absolute atomic E-state index is 4.53. The van der Waals surface area contributed by atoms with Gasteiger partial charge in [-0.25, -0.2) is 4.98 Å². The van der Waals surface area contributed by atoms with E-state index in [0.717, 1.165) is 33.7 Å². The van der Waals surface area contributed by atoms with Gasteiger partial charge in [0.1, 0.15) is 14.9 Å². The number of imidazole rings is 1. The van der Waals surface area contributed by atoms with Gasteiger partial charge in [0.05, 0.1) is 0 Å². The van der Waals surface area contributed by atoms with Crippen LogP contribution in [-0.4, -0.2) is 14.5 Å². The van der Waals surface area contributed by atoms with E-state index in [2.05, 4.69) is 53.3 Å². The molecule has 3 nitrogen and oxygen atoms in total. The zero-order valence-electron chi connectivity index (χ0n) is 10.2. The van der Waals surface area contributed by atoms with Gasteiger partial charge in [0, 0.05) is 12.7 Å². The molecule has 0 aliphatic heterocycles. The van der Waals surface area contributed by atoms with Crippen LogP contribution < -0.4 is 0 Å². The number of nitrogens with zero attached hydrogens (tertiary/aromatic N) is 3. The first-order chi connectivity index (χ1) is 8.74. The number of hydrogen-bond donors (Lipinski definition) is 0. The van der Waals surface area contributed by atoms with Crippen LogP contribution in [0.5, 0.6) is 0 Å². The molecule has 0 unspecified atom stereocenters. The van der Waals surface area contributed by atoms with Gasteiger partial charge in [0.2, 0.25) is 0 Å². The Hall–Kier alpha value is -0.680. The highest BCUT2D eigenvalue weighted by molar-refractivity contribution is 9.13. The number of halogens is 2. The second kappa shape index (κ2) is 6.48. The standard InChI is InChI=1S/C13H15Br2N3/c1-2-3-6-9-18-12(15)11(14)17-13(18)10-7-4-5-8-16-10/h4-5,7-8H,2-3,6,9H2,1H3. The van der Waals surface area contributed by atoms with Gasteiger partial charge in [-0.2, -0.15) is 0 Å². The Bertz CT molecular complexity index is 508. The van der Waals surface area contributed by atoms with Crippen molar-refractivity contribution in [2.45, 2.75) is 32.7 Å². The molecule has 0 aliphatic rings. The van der Waals surface area contributed by atoms with Gasteiger partial charge in [-0.3, -0.25) is 4.98 Å². The van der Waals surface area contributed by atoms with Crippen LogP contribution in [0.1, 0.15) is 26.2 Å². The van der Waals surface area contributed by atoms with E-state index in [0.29, 0.717) is 0 Å². The number of unbranched alkanes of at least 4 members (excludes halogenated alkanes) is 2. The average Bonchev–Trinajstić information content (AvgIpc) is 2.68. The summed E-state index contributed by atoms with van der Waals surface area (Å²) in [6.07, 6.45) is 5.39. The zero-order chi connectivity index (χ0) is 13.0. The van der Waals surface area contributed by atoms with Crippen LogP contribution in [0.15, 0.2) is 33.6 Å². The molecule has 2 heterocycles. The smallest absolute Gasteiger partial charge is 0.160 e. The van der Waals surface area contributed by atoms with E-state index in [9.17, 15) is 0 Å². The number of pyridine rings is 1. The van der Waals surface area contributed by atoms with E-state index >= 15 is 0 Å². The van der Waals surface area contributed by atoms with E-state index < -0.39 is 0 Å². The van der Waals surface area contributed by atoms with Crippen molar-refractivity contribution in [1.29, 1.82) is 0 Å². The van der Waals surface area contributed by atoms with Crippen LogP contribution in [0.2, 0.25) is 0 Å². The predicted octanol–water partition coefficient (Wildman–Crippen LogP) is 4.66. The Morgan fingerprint density at radius 3 is 2.72 bits per heavy atom. The molecule has 0 aliphatic carbocycles. The second-order valence-electron chi connectivity index (χ2n) is 4.09. The molecule has 5 heteroatoms. The molecule has 0 saturated carbocycles. The summed E-state index contributed by atoms with van der Waals surface area (Å²) in [5, 5.41) is 0. The topological polar surface area (TPSA) is 30.7 Å². The van der Waals surface area contributed by atoms with Crippen molar-refractivity contribution in [3.63, 3.8) is 0 Å². The van der Waals surface area contributed by atoms with Crippen molar-refractivity contribution in [3.8, 4) is 11.5 Å². The van der Waals surface area contributed by atoms with Crippen LogP contribution in [0, 0.1) is 0 Å². The number of aromatic nitrogens is 3. The molecule has 2 aromatic heterocycles. The van der Waals surface area contributed by atoms with Gasteiger partial charge < -0.3 is 4.57 Å². The van der Waals surface area contributed by atoms with E-state index in [1.807, 2.05) is 18.2 Å². The Morgan fingerprint density at radius 1 is 1.22 bits per heavy atom. The lowest BCUT2D eigenvalue weighted by atomic mass is 10.2. The minimum absolute atomic E-state index is 0.833. The summed E-state index contributed by atoms with van der Waals surface area (Å²) in [4.78, 5) is 8.90. The third-order valence-electron chi connectivity index (χ3n) is 2.75. The summed E-state index contributed by atoms with van der Waals surface area (Å²) in [5.41, 5.74) is 0.903. The lowest BCUT2D eigenvalue weighted by molar-refractivity contribution is 0.598. The second-order valence-corrected chi connectivity index (χ2v) is 5.59. The molecular formula is C13H15Br2N3. The maximum atomic E-state index is 4.53. The fourth-order valence-corrected chi connectivity index (χ4v) is 2.63.